The smallest absolute Gasteiger partial charge is 0.266 e. The summed E-state index contributed by atoms with van der Waals surface area (Å²) >= 11 is 1.31. The van der Waals surface area contributed by atoms with E-state index in [1.807, 2.05) is 6.19 Å². The molecule has 0 spiro atoms. The van der Waals surface area contributed by atoms with Crippen LogP contribution in [0.15, 0.2) is 53.5 Å². The van der Waals surface area contributed by atoms with Crippen molar-refractivity contribution in [2.45, 2.75) is 0 Å². The minimum absolute atomic E-state index is 0.331. The van der Waals surface area contributed by atoms with Crippen molar-refractivity contribution in [1.82, 2.24) is 5.32 Å². The van der Waals surface area contributed by atoms with Crippen molar-refractivity contribution in [3.05, 3.63) is 59.7 Å². The molecule has 0 unspecified atom stereocenters. The Bertz CT molecular complexity index is 849. The molecule has 2 aromatic carbocycles. The van der Waals surface area contributed by atoms with Crippen LogP contribution in [0.25, 0.3) is 0 Å². The van der Waals surface area contributed by atoms with E-state index in [4.69, 9.17) is 5.26 Å². The van der Waals surface area contributed by atoms with Gasteiger partial charge in [0.15, 0.2) is 11.4 Å². The summed E-state index contributed by atoms with van der Waals surface area (Å²) in [5, 5.41) is 11.6. The number of nitrogens with zero attached hydrogens (tertiary/aromatic N) is 3. The second-order valence-corrected chi connectivity index (χ2v) is 5.66. The molecule has 118 valence electrons. The van der Waals surface area contributed by atoms with Crippen LogP contribution in [-0.2, 0) is 0 Å². The number of thioether (sulfide) groups is 1. The van der Waals surface area contributed by atoms with Crippen LogP contribution >= 0.6 is 11.8 Å². The summed E-state index contributed by atoms with van der Waals surface area (Å²) in [7, 11) is 0. The molecule has 6 nitrogen and oxygen atoms in total. The molecular weight excluding hydrogens is 324 g/mol. The topological polar surface area (TPSA) is 85.6 Å². The first kappa shape index (κ1) is 15.8. The van der Waals surface area contributed by atoms with E-state index in [0.717, 1.165) is 4.90 Å². The molecule has 7 heteroatoms. The van der Waals surface area contributed by atoms with E-state index in [9.17, 15) is 9.59 Å². The van der Waals surface area contributed by atoms with Crippen LogP contribution in [-0.4, -0.2) is 23.2 Å². The molecule has 0 radical (unpaired) electrons. The predicted octanol–water partition coefficient (Wildman–Crippen LogP) is 2.91. The second kappa shape index (κ2) is 6.56. The van der Waals surface area contributed by atoms with Crippen molar-refractivity contribution in [3.63, 3.8) is 0 Å². The van der Waals surface area contributed by atoms with Gasteiger partial charge in [0, 0.05) is 0 Å². The summed E-state index contributed by atoms with van der Waals surface area (Å²) in [6, 6.07) is 13.5. The maximum Gasteiger partial charge on any atom is 0.266 e. The van der Waals surface area contributed by atoms with Crippen molar-refractivity contribution in [3.8, 4) is 6.19 Å². The molecule has 0 saturated heterocycles. The molecule has 0 aliphatic carbocycles. The molecule has 1 aliphatic heterocycles. The average Bonchev–Trinajstić information content (AvgIpc) is 2.87. The minimum atomic E-state index is -0.331. The molecule has 0 saturated carbocycles. The van der Waals surface area contributed by atoms with E-state index >= 15 is 0 Å². The predicted molar refractivity (Wildman–Crippen MR) is 93.4 cm³/mol. The van der Waals surface area contributed by atoms with Gasteiger partial charge in [-0.25, -0.2) is 9.89 Å². The van der Waals surface area contributed by atoms with Gasteiger partial charge in [0.1, 0.15) is 0 Å². The molecule has 3 rings (SSSR count). The number of nitrogens with one attached hydrogen (secondary N) is 1. The standard InChI is InChI=1S/C17H12N4O2S/c1-24-17(19-10-18)20-11-6-8-12(9-7-11)21-15(22)13-4-2-3-5-14(13)16(21)23/h2-9H,1H3,(H,19,20). The van der Waals surface area contributed by atoms with Crippen molar-refractivity contribution >= 4 is 40.1 Å². The average molecular weight is 336 g/mol. The van der Waals surface area contributed by atoms with Gasteiger partial charge < -0.3 is 0 Å². The lowest BCUT2D eigenvalue weighted by Gasteiger charge is -2.13. The third-order valence-electron chi connectivity index (χ3n) is 3.49. The zero-order valence-electron chi connectivity index (χ0n) is 12.7. The largest absolute Gasteiger partial charge is 0.271 e. The van der Waals surface area contributed by atoms with E-state index in [-0.39, 0.29) is 11.8 Å². The Morgan fingerprint density at radius 2 is 1.67 bits per heavy atom. The number of anilines is 1. The minimum Gasteiger partial charge on any atom is -0.271 e. The number of nitriles is 1. The Morgan fingerprint density at radius 1 is 1.08 bits per heavy atom. The number of aliphatic imine (C=N–C) groups is 1. The molecule has 0 fully saturated rings. The van der Waals surface area contributed by atoms with E-state index in [1.54, 1.807) is 54.8 Å². The van der Waals surface area contributed by atoms with Crippen molar-refractivity contribution in [2.24, 2.45) is 4.99 Å². The number of fused-ring (bicyclic) bond motifs is 1. The van der Waals surface area contributed by atoms with Gasteiger partial charge in [-0.3, -0.25) is 14.9 Å². The number of carbonyl (C=O) groups excluding carboxylic acids is 2. The molecule has 0 bridgehead atoms. The Kier molecular flexibility index (Phi) is 4.31. The normalized spacial score (nSPS) is 13.7. The van der Waals surface area contributed by atoms with Gasteiger partial charge >= 0.3 is 0 Å². The second-order valence-electron chi connectivity index (χ2n) is 4.87. The van der Waals surface area contributed by atoms with Gasteiger partial charge in [-0.1, -0.05) is 23.9 Å². The van der Waals surface area contributed by atoms with Crippen LogP contribution in [0.5, 0.6) is 0 Å². The van der Waals surface area contributed by atoms with Crippen LogP contribution in [0.4, 0.5) is 11.4 Å². The SMILES string of the molecule is CSC(=Nc1ccc(N2C(=O)c3ccccc3C2=O)cc1)NC#N. The molecule has 0 atom stereocenters. The van der Waals surface area contributed by atoms with Crippen LogP contribution in [0, 0.1) is 11.5 Å². The number of hydrogen-bond donors (Lipinski definition) is 1. The fourth-order valence-electron chi connectivity index (χ4n) is 2.39. The highest BCUT2D eigenvalue weighted by atomic mass is 32.2. The number of hydrogen-bond acceptors (Lipinski definition) is 5. The fraction of sp³-hybridized carbons (Fsp3) is 0.0588. The summed E-state index contributed by atoms with van der Waals surface area (Å²) in [5.74, 6) is -0.661. The van der Waals surface area contributed by atoms with Crippen molar-refractivity contribution in [2.75, 3.05) is 11.2 Å². The van der Waals surface area contributed by atoms with Crippen LogP contribution < -0.4 is 10.2 Å². The fourth-order valence-corrected chi connectivity index (χ4v) is 2.73. The van der Waals surface area contributed by atoms with Gasteiger partial charge in [0.2, 0.25) is 0 Å². The molecule has 1 heterocycles. The maximum atomic E-state index is 12.4. The third-order valence-corrected chi connectivity index (χ3v) is 4.07. The van der Waals surface area contributed by atoms with Gasteiger partial charge in [-0.2, -0.15) is 5.26 Å². The van der Waals surface area contributed by atoms with Crippen LogP contribution in [0.3, 0.4) is 0 Å². The summed E-state index contributed by atoms with van der Waals surface area (Å²) in [5.41, 5.74) is 1.92. The summed E-state index contributed by atoms with van der Waals surface area (Å²) in [6.07, 6.45) is 3.62. The van der Waals surface area contributed by atoms with Crippen molar-refractivity contribution < 1.29 is 9.59 Å². The monoisotopic (exact) mass is 336 g/mol. The Balaban J connectivity index is 1.89. The Labute approximate surface area is 142 Å². The van der Waals surface area contributed by atoms with E-state index in [2.05, 4.69) is 10.3 Å². The number of amides is 2. The highest BCUT2D eigenvalue weighted by Gasteiger charge is 2.36. The van der Waals surface area contributed by atoms with Gasteiger partial charge in [-0.15, -0.1) is 0 Å². The summed E-state index contributed by atoms with van der Waals surface area (Å²) in [4.78, 5) is 30.3. The van der Waals surface area contributed by atoms with Gasteiger partial charge in [0.05, 0.1) is 22.5 Å². The Hall–Kier alpha value is -3.11. The lowest BCUT2D eigenvalue weighted by molar-refractivity contribution is 0.0926. The van der Waals surface area contributed by atoms with Gasteiger partial charge in [-0.05, 0) is 42.7 Å². The lowest BCUT2D eigenvalue weighted by Crippen LogP contribution is -2.29. The highest BCUT2D eigenvalue weighted by Crippen LogP contribution is 2.29. The number of carbonyl (C=O) groups is 2. The maximum absolute atomic E-state index is 12.4. The molecule has 1 aliphatic rings. The van der Waals surface area contributed by atoms with E-state index in [1.165, 1.54) is 11.8 Å². The number of rotatable bonds is 2. The van der Waals surface area contributed by atoms with Gasteiger partial charge in [0.25, 0.3) is 11.8 Å². The highest BCUT2D eigenvalue weighted by molar-refractivity contribution is 8.13. The van der Waals surface area contributed by atoms with Crippen molar-refractivity contribution in [1.29, 1.82) is 5.26 Å². The summed E-state index contributed by atoms with van der Waals surface area (Å²) in [6.45, 7) is 0. The molecule has 24 heavy (non-hydrogen) atoms. The summed E-state index contributed by atoms with van der Waals surface area (Å²) < 4.78 is 0. The van der Waals surface area contributed by atoms with Crippen LogP contribution in [0.1, 0.15) is 20.7 Å². The first-order valence-corrected chi connectivity index (χ1v) is 8.24. The molecule has 0 aromatic heterocycles. The quantitative estimate of drug-likeness (QED) is 0.300. The third kappa shape index (κ3) is 2.75. The zero-order chi connectivity index (χ0) is 17.1. The van der Waals surface area contributed by atoms with Crippen LogP contribution in [0.2, 0.25) is 0 Å². The zero-order valence-corrected chi connectivity index (χ0v) is 13.5. The molecule has 2 aromatic rings. The first-order valence-electron chi connectivity index (χ1n) is 7.01. The molecule has 1 N–H and O–H groups in total. The van der Waals surface area contributed by atoms with E-state index < -0.39 is 0 Å². The van der Waals surface area contributed by atoms with E-state index in [0.29, 0.717) is 27.7 Å². The molecular formula is C17H12N4O2S. The first-order chi connectivity index (χ1) is 11.7. The Morgan fingerprint density at radius 3 is 2.17 bits per heavy atom. The lowest BCUT2D eigenvalue weighted by atomic mass is 10.1. The number of amidine groups is 1. The molecule has 2 amide bonds. The number of imide groups is 1. The number of benzene rings is 2.